The minimum absolute atomic E-state index is 0.00296. The van der Waals surface area contributed by atoms with Crippen LogP contribution in [0.15, 0.2) is 65.7 Å². The van der Waals surface area contributed by atoms with E-state index in [0.29, 0.717) is 10.4 Å². The van der Waals surface area contributed by atoms with E-state index in [-0.39, 0.29) is 5.78 Å². The van der Waals surface area contributed by atoms with Gasteiger partial charge in [-0.05, 0) is 0 Å². The van der Waals surface area contributed by atoms with Crippen molar-refractivity contribution < 1.29 is 4.79 Å². The highest BCUT2D eigenvalue weighted by atomic mass is 32.1. The van der Waals surface area contributed by atoms with Gasteiger partial charge in [-0.2, -0.15) is 0 Å². The van der Waals surface area contributed by atoms with Crippen molar-refractivity contribution in [1.29, 1.82) is 0 Å². The highest BCUT2D eigenvalue weighted by Crippen LogP contribution is 2.30. The van der Waals surface area contributed by atoms with Crippen molar-refractivity contribution in [2.45, 2.75) is 0 Å². The molecule has 118 valence electrons. The van der Waals surface area contributed by atoms with Crippen molar-refractivity contribution in [2.24, 2.45) is 4.99 Å². The van der Waals surface area contributed by atoms with Gasteiger partial charge < -0.3 is 5.32 Å². The summed E-state index contributed by atoms with van der Waals surface area (Å²) in [6.07, 6.45) is 0. The number of nitrogens with zero attached hydrogens (tertiary/aromatic N) is 2. The number of nitrogens with one attached hydrogen (secondary N) is 1. The number of thiazole rings is 1. The second kappa shape index (κ2) is 6.37. The lowest BCUT2D eigenvalue weighted by Gasteiger charge is -2.02. The Kier molecular flexibility index (Phi) is 3.92. The third-order valence-corrected chi connectivity index (χ3v) is 4.85. The topological polar surface area (TPSA) is 54.4 Å². The zero-order valence-corrected chi connectivity index (χ0v) is 13.7. The number of amidine groups is 1. The number of carbonyl (C=O) groups excluding carboxylic acids is 1. The molecule has 0 aliphatic carbocycles. The van der Waals surface area contributed by atoms with Crippen molar-refractivity contribution in [3.8, 4) is 11.3 Å². The zero-order chi connectivity index (χ0) is 16.4. The molecule has 24 heavy (non-hydrogen) atoms. The first-order valence-electron chi connectivity index (χ1n) is 7.77. The van der Waals surface area contributed by atoms with E-state index in [1.807, 2.05) is 60.7 Å². The monoisotopic (exact) mass is 333 g/mol. The Morgan fingerprint density at radius 1 is 1.00 bits per heavy atom. The normalized spacial score (nSPS) is 13.4. The number of hydrogen-bond donors (Lipinski definition) is 1. The van der Waals surface area contributed by atoms with Gasteiger partial charge in [-0.15, -0.1) is 11.3 Å². The Labute approximate surface area is 143 Å². The molecule has 0 amide bonds. The summed E-state index contributed by atoms with van der Waals surface area (Å²) < 4.78 is 0. The Morgan fingerprint density at radius 3 is 2.38 bits per heavy atom. The number of carbonyl (C=O) groups is 1. The van der Waals surface area contributed by atoms with E-state index >= 15 is 0 Å². The summed E-state index contributed by atoms with van der Waals surface area (Å²) in [6.45, 7) is 1.56. The molecule has 2 aromatic carbocycles. The molecular formula is C19H15N3OS. The Balaban J connectivity index is 1.83. The first-order valence-corrected chi connectivity index (χ1v) is 8.59. The molecule has 0 radical (unpaired) electrons. The lowest BCUT2D eigenvalue weighted by atomic mass is 10.1. The van der Waals surface area contributed by atoms with Gasteiger partial charge in [0.05, 0.1) is 12.2 Å². The minimum atomic E-state index is -0.00296. The summed E-state index contributed by atoms with van der Waals surface area (Å²) >= 11 is 1.40. The SMILES string of the molecule is O=C(c1ccccc1)c1sc(C2=NCCN2)nc1-c1ccccc1. The molecule has 1 aromatic heterocycles. The van der Waals surface area contributed by atoms with E-state index in [9.17, 15) is 4.79 Å². The van der Waals surface area contributed by atoms with Gasteiger partial charge >= 0.3 is 0 Å². The van der Waals surface area contributed by atoms with Crippen LogP contribution in [0.5, 0.6) is 0 Å². The second-order valence-electron chi connectivity index (χ2n) is 5.42. The molecule has 4 rings (SSSR count). The fourth-order valence-corrected chi connectivity index (χ4v) is 3.66. The van der Waals surface area contributed by atoms with Gasteiger partial charge in [-0.3, -0.25) is 9.79 Å². The van der Waals surface area contributed by atoms with Gasteiger partial charge in [-0.25, -0.2) is 4.98 Å². The van der Waals surface area contributed by atoms with Gasteiger partial charge in [0.2, 0.25) is 5.78 Å². The molecule has 0 saturated carbocycles. The molecule has 3 aromatic rings. The minimum Gasteiger partial charge on any atom is -0.366 e. The number of hydrogen-bond acceptors (Lipinski definition) is 5. The van der Waals surface area contributed by atoms with Gasteiger partial charge in [0.15, 0.2) is 10.8 Å². The summed E-state index contributed by atoms with van der Waals surface area (Å²) in [7, 11) is 0. The van der Waals surface area contributed by atoms with Gasteiger partial charge in [0.1, 0.15) is 4.88 Å². The molecule has 1 N–H and O–H groups in total. The molecule has 0 saturated heterocycles. The smallest absolute Gasteiger partial charge is 0.205 e. The molecule has 0 fully saturated rings. The molecular weight excluding hydrogens is 318 g/mol. The lowest BCUT2D eigenvalue weighted by molar-refractivity contribution is 0.104. The maximum Gasteiger partial charge on any atom is 0.205 e. The molecule has 1 aliphatic heterocycles. The van der Waals surface area contributed by atoms with E-state index in [0.717, 1.165) is 35.2 Å². The fourth-order valence-electron chi connectivity index (χ4n) is 2.63. The summed E-state index contributed by atoms with van der Waals surface area (Å²) in [5, 5.41) is 4.00. The quantitative estimate of drug-likeness (QED) is 0.745. The van der Waals surface area contributed by atoms with Crippen molar-refractivity contribution >= 4 is 23.0 Å². The number of rotatable bonds is 4. The molecule has 0 atom stereocenters. The van der Waals surface area contributed by atoms with E-state index < -0.39 is 0 Å². The van der Waals surface area contributed by atoms with E-state index in [4.69, 9.17) is 4.98 Å². The van der Waals surface area contributed by atoms with Crippen molar-refractivity contribution in [1.82, 2.24) is 10.3 Å². The van der Waals surface area contributed by atoms with Crippen LogP contribution in [0.4, 0.5) is 0 Å². The fraction of sp³-hybridized carbons (Fsp3) is 0.105. The summed E-state index contributed by atoms with van der Waals surface area (Å²) in [5.74, 6) is 0.779. The van der Waals surface area contributed by atoms with E-state index in [1.54, 1.807) is 0 Å². The first kappa shape index (κ1) is 14.8. The van der Waals surface area contributed by atoms with Crippen molar-refractivity contribution in [3.63, 3.8) is 0 Å². The highest BCUT2D eigenvalue weighted by Gasteiger charge is 2.23. The van der Waals surface area contributed by atoms with Gasteiger partial charge in [-0.1, -0.05) is 60.7 Å². The number of benzene rings is 2. The highest BCUT2D eigenvalue weighted by molar-refractivity contribution is 7.16. The van der Waals surface area contributed by atoms with E-state index in [1.165, 1.54) is 11.3 Å². The molecule has 2 heterocycles. The van der Waals surface area contributed by atoms with Crippen molar-refractivity contribution in [3.05, 3.63) is 76.1 Å². The molecule has 4 nitrogen and oxygen atoms in total. The first-order chi connectivity index (χ1) is 11.8. The van der Waals surface area contributed by atoms with Crippen molar-refractivity contribution in [2.75, 3.05) is 13.1 Å². The summed E-state index contributed by atoms with van der Waals surface area (Å²) in [6, 6.07) is 19.1. The number of aromatic nitrogens is 1. The van der Waals surface area contributed by atoms with Gasteiger partial charge in [0.25, 0.3) is 0 Å². The average molecular weight is 333 g/mol. The Hall–Kier alpha value is -2.79. The Bertz CT molecular complexity index is 901. The molecule has 5 heteroatoms. The number of aliphatic imine (C=N–C) groups is 1. The van der Waals surface area contributed by atoms with Crippen LogP contribution in [0.3, 0.4) is 0 Å². The predicted molar refractivity (Wildman–Crippen MR) is 96.8 cm³/mol. The van der Waals surface area contributed by atoms with Crippen LogP contribution < -0.4 is 5.32 Å². The predicted octanol–water partition coefficient (Wildman–Crippen LogP) is 3.39. The lowest BCUT2D eigenvalue weighted by Crippen LogP contribution is -2.19. The largest absolute Gasteiger partial charge is 0.366 e. The standard InChI is InChI=1S/C19H15N3OS/c23-16(14-9-5-2-6-10-14)17-15(13-7-3-1-4-8-13)22-19(24-17)18-20-11-12-21-18/h1-10H,11-12H2,(H,20,21). The van der Waals surface area contributed by atoms with Crippen LogP contribution in [0.25, 0.3) is 11.3 Å². The summed E-state index contributed by atoms with van der Waals surface area (Å²) in [5.41, 5.74) is 2.34. The van der Waals surface area contributed by atoms with Crippen LogP contribution in [0, 0.1) is 0 Å². The maximum absolute atomic E-state index is 13.0. The van der Waals surface area contributed by atoms with Gasteiger partial charge in [0, 0.05) is 17.7 Å². The van der Waals surface area contributed by atoms with Crippen LogP contribution in [0.1, 0.15) is 20.2 Å². The summed E-state index contributed by atoms with van der Waals surface area (Å²) in [4.78, 5) is 22.8. The number of ketones is 1. The van der Waals surface area contributed by atoms with Crippen LogP contribution in [-0.2, 0) is 0 Å². The second-order valence-corrected chi connectivity index (χ2v) is 6.41. The average Bonchev–Trinajstić information content (AvgIpc) is 3.32. The molecule has 0 unspecified atom stereocenters. The van der Waals surface area contributed by atoms with E-state index in [2.05, 4.69) is 10.3 Å². The molecule has 0 spiro atoms. The zero-order valence-electron chi connectivity index (χ0n) is 12.9. The van der Waals surface area contributed by atoms with Crippen LogP contribution >= 0.6 is 11.3 Å². The van der Waals surface area contributed by atoms with Crippen LogP contribution in [0.2, 0.25) is 0 Å². The third-order valence-electron chi connectivity index (χ3n) is 3.79. The molecule has 0 bridgehead atoms. The molecule has 1 aliphatic rings. The van der Waals surface area contributed by atoms with Crippen LogP contribution in [-0.4, -0.2) is 29.7 Å². The third kappa shape index (κ3) is 2.74. The maximum atomic E-state index is 13.0. The Morgan fingerprint density at radius 2 is 1.71 bits per heavy atom.